The summed E-state index contributed by atoms with van der Waals surface area (Å²) in [5.41, 5.74) is -2.05. The van der Waals surface area contributed by atoms with E-state index in [0.29, 0.717) is 5.52 Å². The third-order valence-corrected chi connectivity index (χ3v) is 5.75. The summed E-state index contributed by atoms with van der Waals surface area (Å²) in [6.07, 6.45) is -11.3. The van der Waals surface area contributed by atoms with E-state index in [1.807, 2.05) is 0 Å². The second kappa shape index (κ2) is 10.6. The molecule has 12 nitrogen and oxygen atoms in total. The van der Waals surface area contributed by atoms with Gasteiger partial charge in [0.05, 0.1) is 12.0 Å². The van der Waals surface area contributed by atoms with Gasteiger partial charge in [-0.15, -0.1) is 18.3 Å². The van der Waals surface area contributed by atoms with Crippen LogP contribution in [0.4, 0.5) is 13.2 Å². The van der Waals surface area contributed by atoms with E-state index in [1.165, 1.54) is 25.1 Å². The lowest BCUT2D eigenvalue weighted by Gasteiger charge is -2.41. The van der Waals surface area contributed by atoms with Crippen molar-refractivity contribution in [2.24, 2.45) is 0 Å². The fourth-order valence-corrected chi connectivity index (χ4v) is 3.83. The molecule has 1 aliphatic heterocycles. The molecule has 0 aliphatic carbocycles. The molecule has 4 rings (SSSR count). The molecule has 5 atom stereocenters. The third-order valence-electron chi connectivity index (χ3n) is 5.75. The number of nitrogens with zero attached hydrogens (tertiary/aromatic N) is 3. The number of carbonyl (C=O) groups excluding carboxylic acids is 1. The number of nitrogens with one attached hydrogen (secondary N) is 1. The van der Waals surface area contributed by atoms with E-state index >= 15 is 0 Å². The van der Waals surface area contributed by atoms with Crippen molar-refractivity contribution < 1.29 is 47.5 Å². The van der Waals surface area contributed by atoms with Gasteiger partial charge in [0.15, 0.2) is 12.0 Å². The minimum Gasteiger partial charge on any atom is -0.406 e. The molecule has 2 aromatic carbocycles. The molecular weight excluding hydrogens is 517 g/mol. The SMILES string of the molecule is C[C@](NC(=O)Cn1nnc2ccccc2c1=O)(OC1OCC(O)C(O)C1O)c1ccc(OC(F)(F)F)cc1. The number of ether oxygens (including phenoxy) is 3. The number of aliphatic hydroxyl groups excluding tert-OH is 3. The van der Waals surface area contributed by atoms with Crippen LogP contribution in [0.3, 0.4) is 0 Å². The number of hydrogen-bond acceptors (Lipinski definition) is 10. The largest absolute Gasteiger partial charge is 0.573 e. The van der Waals surface area contributed by atoms with Gasteiger partial charge < -0.3 is 34.8 Å². The van der Waals surface area contributed by atoms with Crippen LogP contribution in [0.5, 0.6) is 5.75 Å². The van der Waals surface area contributed by atoms with E-state index in [1.54, 1.807) is 18.2 Å². The van der Waals surface area contributed by atoms with E-state index in [-0.39, 0.29) is 10.9 Å². The van der Waals surface area contributed by atoms with Crippen molar-refractivity contribution >= 4 is 16.8 Å². The number of carbonyl (C=O) groups is 1. The van der Waals surface area contributed by atoms with Crippen LogP contribution < -0.4 is 15.6 Å². The molecule has 2 heterocycles. The summed E-state index contributed by atoms with van der Waals surface area (Å²) in [5.74, 6) is -1.36. The molecule has 1 amide bonds. The topological polar surface area (TPSA) is 165 Å². The summed E-state index contributed by atoms with van der Waals surface area (Å²) in [7, 11) is 0. The highest BCUT2D eigenvalue weighted by atomic mass is 19.4. The van der Waals surface area contributed by atoms with Crippen LogP contribution in [0, 0.1) is 0 Å². The standard InChI is InChI=1S/C23H23F3N4O8/c1-22(38-21-19(34)18(33)16(31)11-36-21,12-6-8-13(9-7-12)37-23(24,25)26)27-17(32)10-30-20(35)14-4-2-3-5-15(14)28-29-30/h2-9,16,18-19,21,31,33-34H,10-11H2,1H3,(H,27,32)/t16?,18?,19?,21?,22-/m0/s1. The molecule has 1 fully saturated rings. The van der Waals surface area contributed by atoms with Crippen molar-refractivity contribution in [1.29, 1.82) is 0 Å². The van der Waals surface area contributed by atoms with Gasteiger partial charge >= 0.3 is 6.36 Å². The molecular formula is C23H23F3N4O8. The molecule has 15 heteroatoms. The highest BCUT2D eigenvalue weighted by molar-refractivity contribution is 5.78. The highest BCUT2D eigenvalue weighted by Gasteiger charge is 2.43. The number of benzene rings is 2. The second-order valence-electron chi connectivity index (χ2n) is 8.59. The van der Waals surface area contributed by atoms with E-state index in [4.69, 9.17) is 9.47 Å². The van der Waals surface area contributed by atoms with Crippen LogP contribution in [0.25, 0.3) is 10.9 Å². The molecule has 4 unspecified atom stereocenters. The molecule has 0 spiro atoms. The fourth-order valence-electron chi connectivity index (χ4n) is 3.83. The summed E-state index contributed by atoms with van der Waals surface area (Å²) in [6.45, 7) is 0.292. The van der Waals surface area contributed by atoms with E-state index in [0.717, 1.165) is 16.8 Å². The van der Waals surface area contributed by atoms with Gasteiger partial charge in [0.25, 0.3) is 5.56 Å². The molecule has 0 saturated carbocycles. The Labute approximate surface area is 212 Å². The average Bonchev–Trinajstić information content (AvgIpc) is 2.86. The minimum absolute atomic E-state index is 0.0914. The van der Waals surface area contributed by atoms with Crippen molar-refractivity contribution in [2.75, 3.05) is 6.61 Å². The molecule has 3 aromatic rings. The number of halogens is 3. The van der Waals surface area contributed by atoms with Crippen LogP contribution >= 0.6 is 0 Å². The number of fused-ring (bicyclic) bond motifs is 1. The molecule has 4 N–H and O–H groups in total. The molecule has 204 valence electrons. The Bertz CT molecular complexity index is 1350. The molecule has 38 heavy (non-hydrogen) atoms. The Morgan fingerprint density at radius 1 is 1.13 bits per heavy atom. The summed E-state index contributed by atoms with van der Waals surface area (Å²) in [5, 5.41) is 40.4. The number of hydrogen-bond donors (Lipinski definition) is 4. The number of aromatic nitrogens is 3. The Morgan fingerprint density at radius 3 is 2.50 bits per heavy atom. The van der Waals surface area contributed by atoms with Gasteiger partial charge in [-0.05, 0) is 31.2 Å². The predicted octanol–water partition coefficient (Wildman–Crippen LogP) is 0.135. The van der Waals surface area contributed by atoms with Gasteiger partial charge in [-0.3, -0.25) is 9.59 Å². The van der Waals surface area contributed by atoms with E-state index in [9.17, 15) is 38.1 Å². The van der Waals surface area contributed by atoms with Crippen molar-refractivity contribution in [1.82, 2.24) is 20.3 Å². The summed E-state index contributed by atoms with van der Waals surface area (Å²) in [6, 6.07) is 10.7. The summed E-state index contributed by atoms with van der Waals surface area (Å²) >= 11 is 0. The number of amides is 1. The normalized spacial score (nSPS) is 23.6. The van der Waals surface area contributed by atoms with Gasteiger partial charge in [0.1, 0.15) is 36.1 Å². The summed E-state index contributed by atoms with van der Waals surface area (Å²) in [4.78, 5) is 25.7. The maximum absolute atomic E-state index is 13.0. The van der Waals surface area contributed by atoms with Gasteiger partial charge in [-0.2, -0.15) is 0 Å². The zero-order chi connectivity index (χ0) is 27.7. The fraction of sp³-hybridized carbons (Fsp3) is 0.391. The van der Waals surface area contributed by atoms with Gasteiger partial charge in [-0.25, -0.2) is 4.68 Å². The quantitative estimate of drug-likeness (QED) is 0.303. The van der Waals surface area contributed by atoms with E-state index < -0.39 is 67.1 Å². The first-order valence-corrected chi connectivity index (χ1v) is 11.2. The molecule has 0 bridgehead atoms. The van der Waals surface area contributed by atoms with Crippen molar-refractivity contribution in [3.63, 3.8) is 0 Å². The maximum atomic E-state index is 13.0. The molecule has 1 saturated heterocycles. The third kappa shape index (κ3) is 6.08. The number of aliphatic hydroxyl groups is 3. The van der Waals surface area contributed by atoms with Crippen LogP contribution in [-0.2, 0) is 26.5 Å². The zero-order valence-corrected chi connectivity index (χ0v) is 19.7. The maximum Gasteiger partial charge on any atom is 0.573 e. The highest BCUT2D eigenvalue weighted by Crippen LogP contribution is 2.31. The van der Waals surface area contributed by atoms with E-state index in [2.05, 4.69) is 20.4 Å². The first-order valence-electron chi connectivity index (χ1n) is 11.2. The second-order valence-corrected chi connectivity index (χ2v) is 8.59. The van der Waals surface area contributed by atoms with Gasteiger partial charge in [0.2, 0.25) is 5.91 Å². The minimum atomic E-state index is -4.93. The number of rotatable bonds is 7. The van der Waals surface area contributed by atoms with Crippen LogP contribution in [0.1, 0.15) is 12.5 Å². The number of alkyl halides is 3. The molecule has 1 aromatic heterocycles. The van der Waals surface area contributed by atoms with Gasteiger partial charge in [-0.1, -0.05) is 29.5 Å². The Kier molecular flexibility index (Phi) is 7.66. The zero-order valence-electron chi connectivity index (χ0n) is 19.7. The first kappa shape index (κ1) is 27.4. The monoisotopic (exact) mass is 540 g/mol. The average molecular weight is 540 g/mol. The predicted molar refractivity (Wildman–Crippen MR) is 121 cm³/mol. The van der Waals surface area contributed by atoms with Crippen LogP contribution in [0.15, 0.2) is 53.3 Å². The Hall–Kier alpha value is -3.63. The molecule has 1 aliphatic rings. The summed E-state index contributed by atoms with van der Waals surface area (Å²) < 4.78 is 53.4. The van der Waals surface area contributed by atoms with Crippen LogP contribution in [-0.4, -0.2) is 73.8 Å². The lowest BCUT2D eigenvalue weighted by atomic mass is 10.0. The lowest BCUT2D eigenvalue weighted by molar-refractivity contribution is -0.305. The first-order chi connectivity index (χ1) is 17.9. The van der Waals surface area contributed by atoms with Crippen molar-refractivity contribution in [3.05, 3.63) is 64.4 Å². The van der Waals surface area contributed by atoms with Crippen LogP contribution in [0.2, 0.25) is 0 Å². The lowest BCUT2D eigenvalue weighted by Crippen LogP contribution is -2.58. The smallest absolute Gasteiger partial charge is 0.406 e. The Morgan fingerprint density at radius 2 is 1.82 bits per heavy atom. The Balaban J connectivity index is 1.61. The van der Waals surface area contributed by atoms with Crippen molar-refractivity contribution in [2.45, 2.75) is 50.2 Å². The molecule has 0 radical (unpaired) electrons. The van der Waals surface area contributed by atoms with Crippen molar-refractivity contribution in [3.8, 4) is 5.75 Å². The van der Waals surface area contributed by atoms with Gasteiger partial charge in [0, 0.05) is 5.56 Å².